The summed E-state index contributed by atoms with van der Waals surface area (Å²) in [5.41, 5.74) is 2.29. The number of esters is 1. The van der Waals surface area contributed by atoms with Gasteiger partial charge in [0.2, 0.25) is 0 Å². The Kier molecular flexibility index (Phi) is 7.46. The summed E-state index contributed by atoms with van der Waals surface area (Å²) in [7, 11) is 0. The molecule has 0 amide bonds. The molecule has 2 aromatic rings. The molecule has 0 aliphatic heterocycles. The van der Waals surface area contributed by atoms with E-state index in [-0.39, 0.29) is 18.6 Å². The van der Waals surface area contributed by atoms with Crippen LogP contribution >= 0.6 is 0 Å². The van der Waals surface area contributed by atoms with Gasteiger partial charge in [0.05, 0.1) is 12.1 Å². The third kappa shape index (κ3) is 6.52. The molecular weight excluding hydrogens is 302 g/mol. The number of carbonyl (C=O) groups excluding carboxylic acids is 1. The van der Waals surface area contributed by atoms with Gasteiger partial charge in [0.1, 0.15) is 6.61 Å². The lowest BCUT2D eigenvalue weighted by molar-refractivity contribution is -0.142. The third-order valence-electron chi connectivity index (χ3n) is 3.88. The molecule has 0 radical (unpaired) electrons. The minimum atomic E-state index is -0.623. The Balaban J connectivity index is 1.89. The second-order valence-electron chi connectivity index (χ2n) is 5.86. The molecule has 4 nitrogen and oxygen atoms in total. The topological polar surface area (TPSA) is 58.6 Å². The molecule has 0 aliphatic carbocycles. The highest BCUT2D eigenvalue weighted by atomic mass is 16.5. The summed E-state index contributed by atoms with van der Waals surface area (Å²) in [5.74, 6) is -0.336. The normalized spacial score (nSPS) is 13.2. The summed E-state index contributed by atoms with van der Waals surface area (Å²) in [4.78, 5) is 11.1. The monoisotopic (exact) mass is 327 g/mol. The highest BCUT2D eigenvalue weighted by Gasteiger charge is 2.20. The molecule has 0 saturated carbocycles. The summed E-state index contributed by atoms with van der Waals surface area (Å²) >= 11 is 0. The molecule has 2 unspecified atom stereocenters. The lowest BCUT2D eigenvalue weighted by atomic mass is 10.0. The molecule has 24 heavy (non-hydrogen) atoms. The van der Waals surface area contributed by atoms with Crippen molar-refractivity contribution in [1.82, 2.24) is 5.32 Å². The predicted molar refractivity (Wildman–Crippen MR) is 94.7 cm³/mol. The number of benzene rings is 2. The number of hydrogen-bond donors (Lipinski definition) is 2. The fourth-order valence-electron chi connectivity index (χ4n) is 2.56. The van der Waals surface area contributed by atoms with E-state index >= 15 is 0 Å². The molecule has 0 fully saturated rings. The van der Waals surface area contributed by atoms with Gasteiger partial charge in [0.25, 0.3) is 0 Å². The summed E-state index contributed by atoms with van der Waals surface area (Å²) in [6.45, 7) is 2.25. The van der Waals surface area contributed by atoms with Gasteiger partial charge in [-0.2, -0.15) is 0 Å². The second-order valence-corrected chi connectivity index (χ2v) is 5.86. The zero-order valence-corrected chi connectivity index (χ0v) is 14.0. The van der Waals surface area contributed by atoms with Crippen LogP contribution in [-0.4, -0.2) is 36.4 Å². The van der Waals surface area contributed by atoms with E-state index in [0.29, 0.717) is 13.0 Å². The maximum Gasteiger partial charge on any atom is 0.302 e. The van der Waals surface area contributed by atoms with Gasteiger partial charge in [-0.25, -0.2) is 0 Å². The largest absolute Gasteiger partial charge is 0.464 e. The van der Waals surface area contributed by atoms with Gasteiger partial charge in [-0.05, 0) is 24.1 Å². The zero-order chi connectivity index (χ0) is 17.2. The van der Waals surface area contributed by atoms with Crippen molar-refractivity contribution in [3.8, 4) is 0 Å². The molecule has 0 aliphatic rings. The number of ether oxygens (including phenoxy) is 1. The summed E-state index contributed by atoms with van der Waals surface area (Å²) < 4.78 is 5.10. The van der Waals surface area contributed by atoms with Crippen LogP contribution in [0.5, 0.6) is 0 Å². The highest BCUT2D eigenvalue weighted by molar-refractivity contribution is 5.65. The van der Waals surface area contributed by atoms with Crippen molar-refractivity contribution in [2.45, 2.75) is 31.9 Å². The average molecular weight is 327 g/mol. The Bertz CT molecular complexity index is 601. The minimum Gasteiger partial charge on any atom is -0.464 e. The third-order valence-corrected chi connectivity index (χ3v) is 3.88. The van der Waals surface area contributed by atoms with E-state index in [2.05, 4.69) is 17.4 Å². The summed E-state index contributed by atoms with van der Waals surface area (Å²) in [6, 6.07) is 19.7. The van der Waals surface area contributed by atoms with E-state index in [1.807, 2.05) is 48.5 Å². The zero-order valence-electron chi connectivity index (χ0n) is 14.0. The molecule has 128 valence electrons. The predicted octanol–water partition coefficient (Wildman–Crippen LogP) is 2.35. The van der Waals surface area contributed by atoms with Crippen LogP contribution in [0.2, 0.25) is 0 Å². The van der Waals surface area contributed by atoms with E-state index < -0.39 is 6.10 Å². The first kappa shape index (κ1) is 18.2. The van der Waals surface area contributed by atoms with Crippen LogP contribution in [0, 0.1) is 0 Å². The molecule has 0 bridgehead atoms. The van der Waals surface area contributed by atoms with Gasteiger partial charge in [-0.3, -0.25) is 4.79 Å². The second kappa shape index (κ2) is 9.85. The van der Waals surface area contributed by atoms with Crippen molar-refractivity contribution in [2.24, 2.45) is 0 Å². The summed E-state index contributed by atoms with van der Waals surface area (Å²) in [6.07, 6.45) is 0.753. The number of hydrogen-bond acceptors (Lipinski definition) is 4. The first-order valence-corrected chi connectivity index (χ1v) is 8.28. The molecule has 4 heteroatoms. The Morgan fingerprint density at radius 3 is 2.21 bits per heavy atom. The molecule has 2 rings (SSSR count). The van der Waals surface area contributed by atoms with E-state index in [9.17, 15) is 9.90 Å². The molecular formula is C20H25NO3. The number of aliphatic hydroxyl groups excluding tert-OH is 1. The van der Waals surface area contributed by atoms with Crippen LogP contribution < -0.4 is 5.32 Å². The Hall–Kier alpha value is -2.17. The van der Waals surface area contributed by atoms with E-state index in [1.54, 1.807) is 0 Å². The van der Waals surface area contributed by atoms with E-state index in [0.717, 1.165) is 12.0 Å². The molecule has 0 aromatic heterocycles. The van der Waals surface area contributed by atoms with Gasteiger partial charge in [-0.15, -0.1) is 0 Å². The SMILES string of the molecule is CC(=O)OCC(NCCc1ccccc1)C(O)Cc1ccccc1. The Morgan fingerprint density at radius 1 is 1.04 bits per heavy atom. The van der Waals surface area contributed by atoms with Gasteiger partial charge in [-0.1, -0.05) is 60.7 Å². The molecule has 2 atom stereocenters. The lowest BCUT2D eigenvalue weighted by Crippen LogP contribution is -2.45. The lowest BCUT2D eigenvalue weighted by Gasteiger charge is -2.24. The molecule has 0 saturated heterocycles. The van der Waals surface area contributed by atoms with Gasteiger partial charge in [0.15, 0.2) is 0 Å². The standard InChI is InChI=1S/C20H25NO3/c1-16(22)24-15-19(20(23)14-18-10-6-3-7-11-18)21-13-12-17-8-4-2-5-9-17/h2-11,19-21,23H,12-15H2,1H3. The van der Waals surface area contributed by atoms with Crippen molar-refractivity contribution >= 4 is 5.97 Å². The number of rotatable bonds is 9. The highest BCUT2D eigenvalue weighted by Crippen LogP contribution is 2.07. The van der Waals surface area contributed by atoms with Gasteiger partial charge < -0.3 is 15.2 Å². The van der Waals surface area contributed by atoms with Crippen LogP contribution in [0.4, 0.5) is 0 Å². The van der Waals surface area contributed by atoms with Crippen LogP contribution in [0.25, 0.3) is 0 Å². The fraction of sp³-hybridized carbons (Fsp3) is 0.350. The smallest absolute Gasteiger partial charge is 0.302 e. The minimum absolute atomic E-state index is 0.165. The van der Waals surface area contributed by atoms with Crippen LogP contribution in [0.1, 0.15) is 18.1 Å². The number of carbonyl (C=O) groups is 1. The quantitative estimate of drug-likeness (QED) is 0.694. The maximum absolute atomic E-state index is 11.1. The van der Waals surface area contributed by atoms with Gasteiger partial charge >= 0.3 is 5.97 Å². The molecule has 2 aromatic carbocycles. The first-order chi connectivity index (χ1) is 11.6. The summed E-state index contributed by atoms with van der Waals surface area (Å²) in [5, 5.41) is 13.8. The Morgan fingerprint density at radius 2 is 1.62 bits per heavy atom. The van der Waals surface area contributed by atoms with Crippen molar-refractivity contribution in [3.63, 3.8) is 0 Å². The van der Waals surface area contributed by atoms with Crippen LogP contribution in [-0.2, 0) is 22.4 Å². The van der Waals surface area contributed by atoms with Gasteiger partial charge in [0, 0.05) is 13.3 Å². The molecule has 0 heterocycles. The van der Waals surface area contributed by atoms with Crippen molar-refractivity contribution < 1.29 is 14.6 Å². The molecule has 2 N–H and O–H groups in total. The van der Waals surface area contributed by atoms with Crippen molar-refractivity contribution in [2.75, 3.05) is 13.2 Å². The van der Waals surface area contributed by atoms with E-state index in [1.165, 1.54) is 12.5 Å². The fourth-order valence-corrected chi connectivity index (χ4v) is 2.56. The Labute approximate surface area is 143 Å². The van der Waals surface area contributed by atoms with Crippen molar-refractivity contribution in [3.05, 3.63) is 71.8 Å². The van der Waals surface area contributed by atoms with E-state index in [4.69, 9.17) is 4.74 Å². The molecule has 0 spiro atoms. The van der Waals surface area contributed by atoms with Crippen LogP contribution in [0.15, 0.2) is 60.7 Å². The number of aliphatic hydroxyl groups is 1. The average Bonchev–Trinajstić information content (AvgIpc) is 2.59. The maximum atomic E-state index is 11.1. The number of nitrogens with one attached hydrogen (secondary N) is 1. The van der Waals surface area contributed by atoms with Crippen molar-refractivity contribution in [1.29, 1.82) is 0 Å². The van der Waals surface area contributed by atoms with Crippen LogP contribution in [0.3, 0.4) is 0 Å². The first-order valence-electron chi connectivity index (χ1n) is 8.28.